The number of rotatable bonds is 8. The lowest BCUT2D eigenvalue weighted by Gasteiger charge is -2.10. The number of hydrogen-bond acceptors (Lipinski definition) is 4. The van der Waals surface area contributed by atoms with Crippen LogP contribution in [0.2, 0.25) is 0 Å². The number of amides is 1. The largest absolute Gasteiger partial charge is 0.465 e. The Bertz CT molecular complexity index is 716. The van der Waals surface area contributed by atoms with Crippen molar-refractivity contribution in [3.63, 3.8) is 0 Å². The van der Waals surface area contributed by atoms with Gasteiger partial charge in [-0.1, -0.05) is 36.4 Å². The van der Waals surface area contributed by atoms with E-state index in [9.17, 15) is 9.59 Å². The molecule has 0 aromatic heterocycles. The normalized spacial score (nSPS) is 10.3. The minimum absolute atomic E-state index is 0.0603. The molecule has 2 aromatic carbocycles. The average molecular weight is 357 g/mol. The minimum atomic E-state index is -0.411. The van der Waals surface area contributed by atoms with E-state index in [0.29, 0.717) is 17.0 Å². The quantitative estimate of drug-likeness (QED) is 0.571. The molecule has 1 N–H and O–H groups in total. The van der Waals surface area contributed by atoms with E-state index in [1.54, 1.807) is 30.0 Å². The van der Waals surface area contributed by atoms with Crippen LogP contribution in [-0.2, 0) is 16.0 Å². The molecule has 25 heavy (non-hydrogen) atoms. The van der Waals surface area contributed by atoms with Crippen LogP contribution in [-0.4, -0.2) is 30.5 Å². The van der Waals surface area contributed by atoms with Crippen molar-refractivity contribution in [2.75, 3.05) is 23.9 Å². The topological polar surface area (TPSA) is 55.4 Å². The Labute approximate surface area is 153 Å². The van der Waals surface area contributed by atoms with Gasteiger partial charge in [-0.05, 0) is 48.8 Å². The Balaban J connectivity index is 1.75. The maximum atomic E-state index is 12.1. The van der Waals surface area contributed by atoms with Gasteiger partial charge in [0.2, 0.25) is 5.91 Å². The zero-order chi connectivity index (χ0) is 18.1. The zero-order valence-corrected chi connectivity index (χ0v) is 15.4. The van der Waals surface area contributed by atoms with Crippen LogP contribution < -0.4 is 5.32 Å². The first-order valence-corrected chi connectivity index (χ1v) is 9.36. The van der Waals surface area contributed by atoms with Crippen molar-refractivity contribution in [3.8, 4) is 0 Å². The van der Waals surface area contributed by atoms with Crippen LogP contribution in [0.4, 0.5) is 5.69 Å². The summed E-state index contributed by atoms with van der Waals surface area (Å²) in [5, 5.41) is 2.87. The van der Waals surface area contributed by atoms with Crippen LogP contribution >= 0.6 is 11.8 Å². The minimum Gasteiger partial charge on any atom is -0.465 e. The van der Waals surface area contributed by atoms with E-state index in [0.717, 1.165) is 24.2 Å². The molecular weight excluding hydrogens is 334 g/mol. The second kappa shape index (κ2) is 9.89. The van der Waals surface area contributed by atoms with Crippen molar-refractivity contribution in [1.29, 1.82) is 0 Å². The summed E-state index contributed by atoms with van der Waals surface area (Å²) in [5.74, 6) is 0.862. The van der Waals surface area contributed by atoms with Gasteiger partial charge in [0.25, 0.3) is 0 Å². The Morgan fingerprint density at radius 2 is 1.88 bits per heavy atom. The fraction of sp³-hybridized carbons (Fsp3) is 0.300. The number of carbonyl (C=O) groups is 2. The first-order chi connectivity index (χ1) is 12.1. The summed E-state index contributed by atoms with van der Waals surface area (Å²) < 4.78 is 4.71. The van der Waals surface area contributed by atoms with E-state index in [-0.39, 0.29) is 5.91 Å². The fourth-order valence-corrected chi connectivity index (χ4v) is 3.13. The van der Waals surface area contributed by atoms with E-state index in [4.69, 9.17) is 4.74 Å². The number of hydrogen-bond donors (Lipinski definition) is 1. The monoisotopic (exact) mass is 357 g/mol. The van der Waals surface area contributed by atoms with Crippen molar-refractivity contribution in [3.05, 3.63) is 65.2 Å². The van der Waals surface area contributed by atoms with Crippen LogP contribution in [0.5, 0.6) is 0 Å². The van der Waals surface area contributed by atoms with Gasteiger partial charge in [0, 0.05) is 5.69 Å². The molecule has 0 aliphatic carbocycles. The zero-order valence-electron chi connectivity index (χ0n) is 14.6. The molecular formula is C20H23NO3S. The molecule has 0 aliphatic heterocycles. The molecule has 0 bridgehead atoms. The van der Waals surface area contributed by atoms with Crippen LogP contribution in [0.25, 0.3) is 0 Å². The summed E-state index contributed by atoms with van der Waals surface area (Å²) in [6, 6.07) is 15.5. The number of nitrogens with one attached hydrogen (secondary N) is 1. The third-order valence-corrected chi connectivity index (χ3v) is 4.81. The summed E-state index contributed by atoms with van der Waals surface area (Å²) in [6.45, 7) is 1.89. The number of thioether (sulfide) groups is 1. The summed E-state index contributed by atoms with van der Waals surface area (Å²) in [4.78, 5) is 23.7. The van der Waals surface area contributed by atoms with Gasteiger partial charge in [0.1, 0.15) is 0 Å². The maximum absolute atomic E-state index is 12.1. The van der Waals surface area contributed by atoms with E-state index < -0.39 is 5.97 Å². The highest BCUT2D eigenvalue weighted by Crippen LogP contribution is 2.18. The molecule has 2 rings (SSSR count). The highest BCUT2D eigenvalue weighted by atomic mass is 32.2. The van der Waals surface area contributed by atoms with Gasteiger partial charge >= 0.3 is 5.97 Å². The van der Waals surface area contributed by atoms with Crippen LogP contribution in [0.3, 0.4) is 0 Å². The Kier molecular flexibility index (Phi) is 7.54. The van der Waals surface area contributed by atoms with Crippen molar-refractivity contribution < 1.29 is 14.3 Å². The number of aryl methyl sites for hydroxylation is 2. The Morgan fingerprint density at radius 1 is 1.12 bits per heavy atom. The Hall–Kier alpha value is -2.27. The summed E-state index contributed by atoms with van der Waals surface area (Å²) in [5.41, 5.74) is 3.31. The lowest BCUT2D eigenvalue weighted by Crippen LogP contribution is -2.16. The first-order valence-electron chi connectivity index (χ1n) is 8.20. The van der Waals surface area contributed by atoms with Crippen LogP contribution in [0.1, 0.15) is 27.9 Å². The molecule has 0 spiro atoms. The molecule has 0 unspecified atom stereocenters. The maximum Gasteiger partial charge on any atom is 0.337 e. The van der Waals surface area contributed by atoms with E-state index in [2.05, 4.69) is 17.4 Å². The predicted octanol–water partition coefficient (Wildman–Crippen LogP) is 4.09. The first kappa shape index (κ1) is 19.1. The van der Waals surface area contributed by atoms with Gasteiger partial charge in [-0.25, -0.2) is 4.79 Å². The SMILES string of the molecule is COC(=O)c1ccc(C)c(NC(=O)CSCCCc2ccccc2)c1. The fourth-order valence-electron chi connectivity index (χ4n) is 2.38. The van der Waals surface area contributed by atoms with E-state index in [1.807, 2.05) is 25.1 Å². The number of benzene rings is 2. The van der Waals surface area contributed by atoms with E-state index in [1.165, 1.54) is 12.7 Å². The van der Waals surface area contributed by atoms with Gasteiger partial charge in [0.05, 0.1) is 18.4 Å². The lowest BCUT2D eigenvalue weighted by atomic mass is 10.1. The smallest absolute Gasteiger partial charge is 0.337 e. The van der Waals surface area contributed by atoms with Gasteiger partial charge in [0.15, 0.2) is 0 Å². The van der Waals surface area contributed by atoms with Crippen molar-refractivity contribution >= 4 is 29.3 Å². The predicted molar refractivity (Wildman–Crippen MR) is 103 cm³/mol. The second-order valence-corrected chi connectivity index (χ2v) is 6.82. The molecule has 0 atom stereocenters. The number of esters is 1. The molecule has 4 nitrogen and oxygen atoms in total. The van der Waals surface area contributed by atoms with Gasteiger partial charge in [-0.15, -0.1) is 0 Å². The summed E-state index contributed by atoms with van der Waals surface area (Å²) in [7, 11) is 1.34. The van der Waals surface area contributed by atoms with Gasteiger partial charge in [-0.3, -0.25) is 4.79 Å². The number of anilines is 1. The van der Waals surface area contributed by atoms with Crippen LogP contribution in [0.15, 0.2) is 48.5 Å². The summed E-state index contributed by atoms with van der Waals surface area (Å²) >= 11 is 1.62. The molecule has 0 fully saturated rings. The molecule has 0 heterocycles. The molecule has 2 aromatic rings. The van der Waals surface area contributed by atoms with E-state index >= 15 is 0 Å². The van der Waals surface area contributed by atoms with Gasteiger partial charge in [-0.2, -0.15) is 11.8 Å². The molecule has 0 aliphatic rings. The number of methoxy groups -OCH3 is 1. The standard InChI is InChI=1S/C20H23NO3S/c1-15-10-11-17(20(23)24-2)13-18(15)21-19(22)14-25-12-6-9-16-7-4-3-5-8-16/h3-5,7-8,10-11,13H,6,9,12,14H2,1-2H3,(H,21,22). The highest BCUT2D eigenvalue weighted by Gasteiger charge is 2.10. The Morgan fingerprint density at radius 3 is 2.60 bits per heavy atom. The average Bonchev–Trinajstić information content (AvgIpc) is 2.63. The van der Waals surface area contributed by atoms with Crippen molar-refractivity contribution in [1.82, 2.24) is 0 Å². The molecule has 1 amide bonds. The molecule has 0 saturated carbocycles. The molecule has 0 saturated heterocycles. The second-order valence-electron chi connectivity index (χ2n) is 5.71. The number of ether oxygens (including phenoxy) is 1. The van der Waals surface area contributed by atoms with Crippen molar-refractivity contribution in [2.24, 2.45) is 0 Å². The molecule has 0 radical (unpaired) electrons. The van der Waals surface area contributed by atoms with Crippen LogP contribution in [0, 0.1) is 6.92 Å². The number of carbonyl (C=O) groups excluding carboxylic acids is 2. The summed E-state index contributed by atoms with van der Waals surface area (Å²) in [6.07, 6.45) is 2.06. The molecule has 132 valence electrons. The highest BCUT2D eigenvalue weighted by molar-refractivity contribution is 7.99. The van der Waals surface area contributed by atoms with Gasteiger partial charge < -0.3 is 10.1 Å². The third kappa shape index (κ3) is 6.27. The lowest BCUT2D eigenvalue weighted by molar-refractivity contribution is -0.113. The molecule has 5 heteroatoms. The third-order valence-electron chi connectivity index (χ3n) is 3.76. The van der Waals surface area contributed by atoms with Crippen molar-refractivity contribution in [2.45, 2.75) is 19.8 Å².